The number of nitrogens with one attached hydrogen (secondary N) is 1. The highest BCUT2D eigenvalue weighted by Crippen LogP contribution is 2.26. The Morgan fingerprint density at radius 2 is 1.67 bits per heavy atom. The average molecular weight is 199 g/mol. The lowest BCUT2D eigenvalue weighted by Gasteiger charge is -2.10. The molecule has 0 saturated carbocycles. The van der Waals surface area contributed by atoms with Crippen molar-refractivity contribution in [1.82, 2.24) is 0 Å². The van der Waals surface area contributed by atoms with Crippen molar-refractivity contribution in [2.75, 3.05) is 5.32 Å². The summed E-state index contributed by atoms with van der Waals surface area (Å²) in [6.07, 6.45) is 0. The SMILES string of the molecule is Cc1c(O)cccc1Nc1ccccc1. The van der Waals surface area contributed by atoms with Crippen LogP contribution in [0.4, 0.5) is 11.4 Å². The number of anilines is 2. The van der Waals surface area contributed by atoms with E-state index >= 15 is 0 Å². The maximum Gasteiger partial charge on any atom is 0.120 e. The van der Waals surface area contributed by atoms with Crippen molar-refractivity contribution in [2.24, 2.45) is 0 Å². The molecule has 2 rings (SSSR count). The molecule has 0 atom stereocenters. The van der Waals surface area contributed by atoms with Crippen molar-refractivity contribution in [3.8, 4) is 5.75 Å². The van der Waals surface area contributed by atoms with E-state index in [4.69, 9.17) is 0 Å². The molecule has 2 aromatic rings. The average Bonchev–Trinajstić information content (AvgIpc) is 2.26. The fourth-order valence-electron chi connectivity index (χ4n) is 1.44. The molecule has 0 fully saturated rings. The molecule has 2 heteroatoms. The van der Waals surface area contributed by atoms with Gasteiger partial charge in [-0.15, -0.1) is 0 Å². The van der Waals surface area contributed by atoms with Crippen LogP contribution in [0.2, 0.25) is 0 Å². The largest absolute Gasteiger partial charge is 0.508 e. The topological polar surface area (TPSA) is 32.3 Å². The summed E-state index contributed by atoms with van der Waals surface area (Å²) in [4.78, 5) is 0. The predicted molar refractivity (Wildman–Crippen MR) is 62.6 cm³/mol. The van der Waals surface area contributed by atoms with Gasteiger partial charge in [0.1, 0.15) is 5.75 Å². The quantitative estimate of drug-likeness (QED) is 0.776. The first-order chi connectivity index (χ1) is 7.27. The van der Waals surface area contributed by atoms with Crippen LogP contribution in [0.3, 0.4) is 0 Å². The third-order valence-electron chi connectivity index (χ3n) is 2.36. The normalized spacial score (nSPS) is 9.93. The summed E-state index contributed by atoms with van der Waals surface area (Å²) in [7, 11) is 0. The fraction of sp³-hybridized carbons (Fsp3) is 0.0769. The smallest absolute Gasteiger partial charge is 0.120 e. The number of rotatable bonds is 2. The Morgan fingerprint density at radius 1 is 0.933 bits per heavy atom. The van der Waals surface area contributed by atoms with Crippen LogP contribution in [0, 0.1) is 6.92 Å². The summed E-state index contributed by atoms with van der Waals surface area (Å²) < 4.78 is 0. The lowest BCUT2D eigenvalue weighted by Crippen LogP contribution is -1.92. The molecule has 15 heavy (non-hydrogen) atoms. The van der Waals surface area contributed by atoms with Crippen molar-refractivity contribution >= 4 is 11.4 Å². The second-order valence-electron chi connectivity index (χ2n) is 3.44. The lowest BCUT2D eigenvalue weighted by atomic mass is 10.1. The molecule has 0 aliphatic rings. The molecule has 2 N–H and O–H groups in total. The number of phenolic OH excluding ortho intramolecular Hbond substituents is 1. The van der Waals surface area contributed by atoms with E-state index in [0.717, 1.165) is 16.9 Å². The summed E-state index contributed by atoms with van der Waals surface area (Å²) in [5.74, 6) is 0.316. The Morgan fingerprint density at radius 3 is 2.40 bits per heavy atom. The molecule has 2 nitrogen and oxygen atoms in total. The molecule has 0 amide bonds. The summed E-state index contributed by atoms with van der Waals surface area (Å²) >= 11 is 0. The molecule has 0 unspecified atom stereocenters. The maximum atomic E-state index is 9.54. The Kier molecular flexibility index (Phi) is 2.59. The number of para-hydroxylation sites is 1. The standard InChI is InChI=1S/C13H13NO/c1-10-12(8-5-9-13(10)15)14-11-6-3-2-4-7-11/h2-9,14-15H,1H3. The summed E-state index contributed by atoms with van der Waals surface area (Å²) in [6, 6.07) is 15.4. The summed E-state index contributed by atoms with van der Waals surface area (Å²) in [5.41, 5.74) is 2.81. The van der Waals surface area contributed by atoms with Crippen LogP contribution in [-0.4, -0.2) is 5.11 Å². The summed E-state index contributed by atoms with van der Waals surface area (Å²) in [6.45, 7) is 1.89. The summed E-state index contributed by atoms with van der Waals surface area (Å²) in [5, 5.41) is 12.8. The second kappa shape index (κ2) is 4.05. The van der Waals surface area contributed by atoms with Crippen LogP contribution in [0.1, 0.15) is 5.56 Å². The Balaban J connectivity index is 2.29. The van der Waals surface area contributed by atoms with E-state index in [0.29, 0.717) is 5.75 Å². The first kappa shape index (κ1) is 9.59. The van der Waals surface area contributed by atoms with Crippen LogP contribution in [0.25, 0.3) is 0 Å². The Bertz CT molecular complexity index is 451. The Labute approximate surface area is 89.2 Å². The van der Waals surface area contributed by atoms with Crippen LogP contribution >= 0.6 is 0 Å². The van der Waals surface area contributed by atoms with Gasteiger partial charge in [-0.1, -0.05) is 24.3 Å². The van der Waals surface area contributed by atoms with Gasteiger partial charge in [0.05, 0.1) is 0 Å². The zero-order valence-electron chi connectivity index (χ0n) is 8.57. The first-order valence-electron chi connectivity index (χ1n) is 4.88. The molecule has 0 radical (unpaired) electrons. The van der Waals surface area contributed by atoms with Crippen molar-refractivity contribution in [1.29, 1.82) is 0 Å². The van der Waals surface area contributed by atoms with Crippen LogP contribution < -0.4 is 5.32 Å². The minimum Gasteiger partial charge on any atom is -0.508 e. The molecule has 2 aromatic carbocycles. The van der Waals surface area contributed by atoms with Gasteiger partial charge in [-0.3, -0.25) is 0 Å². The van der Waals surface area contributed by atoms with Crippen LogP contribution in [-0.2, 0) is 0 Å². The maximum absolute atomic E-state index is 9.54. The molecule has 0 heterocycles. The number of phenols is 1. The minimum absolute atomic E-state index is 0.316. The second-order valence-corrected chi connectivity index (χ2v) is 3.44. The minimum atomic E-state index is 0.316. The highest BCUT2D eigenvalue weighted by molar-refractivity contribution is 5.65. The molecule has 0 aliphatic carbocycles. The van der Waals surface area contributed by atoms with Crippen molar-refractivity contribution in [3.05, 3.63) is 54.1 Å². The van der Waals surface area contributed by atoms with E-state index in [-0.39, 0.29) is 0 Å². The highest BCUT2D eigenvalue weighted by atomic mass is 16.3. The van der Waals surface area contributed by atoms with Crippen molar-refractivity contribution in [2.45, 2.75) is 6.92 Å². The highest BCUT2D eigenvalue weighted by Gasteiger charge is 2.01. The van der Waals surface area contributed by atoms with Gasteiger partial charge in [0.2, 0.25) is 0 Å². The van der Waals surface area contributed by atoms with E-state index in [1.165, 1.54) is 0 Å². The number of aromatic hydroxyl groups is 1. The Hall–Kier alpha value is -1.96. The molecule has 76 valence electrons. The molecular weight excluding hydrogens is 186 g/mol. The fourth-order valence-corrected chi connectivity index (χ4v) is 1.44. The molecule has 0 aromatic heterocycles. The van der Waals surface area contributed by atoms with Crippen LogP contribution in [0.15, 0.2) is 48.5 Å². The van der Waals surface area contributed by atoms with E-state index in [2.05, 4.69) is 5.32 Å². The molecule has 0 aliphatic heterocycles. The molecule has 0 saturated heterocycles. The van der Waals surface area contributed by atoms with E-state index in [1.54, 1.807) is 6.07 Å². The van der Waals surface area contributed by atoms with Gasteiger partial charge in [0, 0.05) is 16.9 Å². The molecular formula is C13H13NO. The molecule has 0 bridgehead atoms. The third-order valence-corrected chi connectivity index (χ3v) is 2.36. The van der Waals surface area contributed by atoms with Gasteiger partial charge in [-0.2, -0.15) is 0 Å². The molecule has 0 spiro atoms. The van der Waals surface area contributed by atoms with Crippen LogP contribution in [0.5, 0.6) is 5.75 Å². The van der Waals surface area contributed by atoms with E-state index in [9.17, 15) is 5.11 Å². The zero-order chi connectivity index (χ0) is 10.7. The zero-order valence-corrected chi connectivity index (χ0v) is 8.57. The lowest BCUT2D eigenvalue weighted by molar-refractivity contribution is 0.471. The van der Waals surface area contributed by atoms with Gasteiger partial charge >= 0.3 is 0 Å². The monoisotopic (exact) mass is 199 g/mol. The van der Waals surface area contributed by atoms with Gasteiger partial charge in [-0.25, -0.2) is 0 Å². The predicted octanol–water partition coefficient (Wildman–Crippen LogP) is 3.44. The van der Waals surface area contributed by atoms with E-state index in [1.807, 2.05) is 49.4 Å². The van der Waals surface area contributed by atoms with Gasteiger partial charge in [0.15, 0.2) is 0 Å². The number of hydrogen-bond acceptors (Lipinski definition) is 2. The van der Waals surface area contributed by atoms with Gasteiger partial charge < -0.3 is 10.4 Å². The number of hydrogen-bond donors (Lipinski definition) is 2. The first-order valence-corrected chi connectivity index (χ1v) is 4.88. The van der Waals surface area contributed by atoms with Gasteiger partial charge in [0.25, 0.3) is 0 Å². The third kappa shape index (κ3) is 2.10. The number of benzene rings is 2. The van der Waals surface area contributed by atoms with Crippen molar-refractivity contribution < 1.29 is 5.11 Å². The van der Waals surface area contributed by atoms with E-state index < -0.39 is 0 Å². The van der Waals surface area contributed by atoms with Crippen molar-refractivity contribution in [3.63, 3.8) is 0 Å². The van der Waals surface area contributed by atoms with Gasteiger partial charge in [-0.05, 0) is 31.2 Å².